The van der Waals surface area contributed by atoms with Crippen LogP contribution in [0, 0.1) is 0 Å². The lowest BCUT2D eigenvalue weighted by Crippen LogP contribution is -2.45. The third kappa shape index (κ3) is 3.57. The van der Waals surface area contributed by atoms with Gasteiger partial charge in [0.05, 0.1) is 46.4 Å². The van der Waals surface area contributed by atoms with Crippen molar-refractivity contribution in [3.05, 3.63) is 51.9 Å². The number of aliphatic hydroxyl groups excluding tert-OH is 1. The highest BCUT2D eigenvalue weighted by molar-refractivity contribution is 9.07. The number of piperazine rings is 1. The fourth-order valence-electron chi connectivity index (χ4n) is 4.24. The van der Waals surface area contributed by atoms with E-state index in [2.05, 4.69) is 42.7 Å². The molecule has 7 nitrogen and oxygen atoms in total. The van der Waals surface area contributed by atoms with Gasteiger partial charge in [0.25, 0.3) is 5.00 Å². The third-order valence-corrected chi connectivity index (χ3v) is 8.73. The topological polar surface area (TPSA) is 66.7 Å². The van der Waals surface area contributed by atoms with Crippen LogP contribution in [0.25, 0.3) is 0 Å². The van der Waals surface area contributed by atoms with Gasteiger partial charge in [0, 0.05) is 41.7 Å². The van der Waals surface area contributed by atoms with Crippen LogP contribution in [0.2, 0.25) is 5.02 Å². The van der Waals surface area contributed by atoms with Crippen LogP contribution in [0.3, 0.4) is 0 Å². The minimum Gasteiger partial charge on any atom is -0.395 e. The summed E-state index contributed by atoms with van der Waals surface area (Å²) in [4.78, 5) is 9.62. The number of hydrazone groups is 1. The largest absolute Gasteiger partial charge is 0.395 e. The molecular formula is C20H23BrClN6OS+. The number of nitrogens with zero attached hydrogens (tertiary/aromatic N) is 5. The van der Waals surface area contributed by atoms with Crippen molar-refractivity contribution in [2.75, 3.05) is 44.4 Å². The molecule has 1 fully saturated rings. The molecule has 0 amide bonds. The van der Waals surface area contributed by atoms with Crippen molar-refractivity contribution in [1.29, 1.82) is 0 Å². The summed E-state index contributed by atoms with van der Waals surface area (Å²) in [5.41, 5.74) is 2.95. The molecule has 2 atom stereocenters. The maximum Gasteiger partial charge on any atom is 0.257 e. The fourth-order valence-corrected chi connectivity index (χ4v) is 7.38. The molecule has 1 saturated heterocycles. The zero-order valence-corrected chi connectivity index (χ0v) is 19.5. The summed E-state index contributed by atoms with van der Waals surface area (Å²) in [6, 6.07) is 10.0. The van der Waals surface area contributed by atoms with Crippen LogP contribution in [0.5, 0.6) is 0 Å². The van der Waals surface area contributed by atoms with Crippen LogP contribution in [0.4, 0.5) is 5.00 Å². The molecule has 158 valence electrons. The van der Waals surface area contributed by atoms with E-state index in [1.807, 2.05) is 24.3 Å². The van der Waals surface area contributed by atoms with E-state index in [1.165, 1.54) is 10.6 Å². The number of fused-ring (bicyclic) bond motifs is 3. The number of hydrogen-bond donors (Lipinski definition) is 2. The Kier molecular flexibility index (Phi) is 5.83. The molecule has 2 unspecified atom stereocenters. The monoisotopic (exact) mass is 509 g/mol. The van der Waals surface area contributed by atoms with Crippen molar-refractivity contribution in [2.24, 2.45) is 10.1 Å². The normalized spacial score (nSPS) is 22.4. The van der Waals surface area contributed by atoms with Crippen molar-refractivity contribution in [2.45, 2.75) is 11.9 Å². The molecule has 0 spiro atoms. The van der Waals surface area contributed by atoms with Gasteiger partial charge in [0.2, 0.25) is 5.37 Å². The number of halogens is 2. The Bertz CT molecular complexity index is 1010. The van der Waals surface area contributed by atoms with Crippen molar-refractivity contribution in [3.8, 4) is 0 Å². The highest BCUT2D eigenvalue weighted by Gasteiger charge is 2.42. The van der Waals surface area contributed by atoms with Crippen LogP contribution in [-0.4, -0.2) is 65.0 Å². The maximum absolute atomic E-state index is 9.57. The number of benzene rings is 1. The molecule has 0 aliphatic carbocycles. The van der Waals surface area contributed by atoms with E-state index in [9.17, 15) is 5.11 Å². The van der Waals surface area contributed by atoms with E-state index >= 15 is 0 Å². The summed E-state index contributed by atoms with van der Waals surface area (Å²) in [5.74, 6) is 0.823. The fraction of sp³-hybridized carbons (Fsp3) is 0.400. The van der Waals surface area contributed by atoms with Crippen LogP contribution in [0.15, 0.2) is 45.8 Å². The van der Waals surface area contributed by atoms with Gasteiger partial charge in [-0.05, 0) is 6.07 Å². The van der Waals surface area contributed by atoms with Crippen LogP contribution < -0.4 is 10.2 Å². The Labute approximate surface area is 191 Å². The van der Waals surface area contributed by atoms with Crippen molar-refractivity contribution in [3.63, 3.8) is 0 Å². The zero-order valence-electron chi connectivity index (χ0n) is 16.3. The molecular weight excluding hydrogens is 488 g/mol. The van der Waals surface area contributed by atoms with E-state index < -0.39 is 0 Å². The number of rotatable bonds is 4. The molecule has 0 radical (unpaired) electrons. The van der Waals surface area contributed by atoms with Crippen molar-refractivity contribution >= 4 is 54.8 Å². The third-order valence-electron chi connectivity index (χ3n) is 5.61. The average Bonchev–Trinajstić information content (AvgIpc) is 3.30. The van der Waals surface area contributed by atoms with E-state index in [1.54, 1.807) is 4.03 Å². The molecule has 1 aromatic carbocycles. The lowest BCUT2D eigenvalue weighted by atomic mass is 10.1. The summed E-state index contributed by atoms with van der Waals surface area (Å²) >= 11 is 10.1. The first kappa shape index (κ1) is 20.4. The van der Waals surface area contributed by atoms with E-state index in [4.69, 9.17) is 21.7 Å². The molecule has 5 rings (SSSR count). The quantitative estimate of drug-likeness (QED) is 0.488. The van der Waals surface area contributed by atoms with Gasteiger partial charge in [-0.2, -0.15) is 0 Å². The molecule has 3 aliphatic rings. The van der Waals surface area contributed by atoms with Crippen LogP contribution >= 0.6 is 38.2 Å². The van der Waals surface area contributed by atoms with Crippen LogP contribution in [-0.2, 0) is 6.54 Å². The summed E-state index contributed by atoms with van der Waals surface area (Å²) in [6.07, 6.45) is 0. The Morgan fingerprint density at radius 2 is 2.17 bits per heavy atom. The highest BCUT2D eigenvalue weighted by atomic mass is 79.9. The van der Waals surface area contributed by atoms with E-state index in [0.29, 0.717) is 30.2 Å². The molecule has 0 saturated carbocycles. The molecule has 0 bridgehead atoms. The van der Waals surface area contributed by atoms with Gasteiger partial charge in [-0.3, -0.25) is 14.8 Å². The number of hydrogen-bond acceptors (Lipinski definition) is 7. The number of nitrogens with one attached hydrogen (secondary N) is 1. The second-order valence-corrected chi connectivity index (χ2v) is 10.6. The number of aliphatic hydroxyl groups is 1. The zero-order chi connectivity index (χ0) is 20.7. The predicted molar refractivity (Wildman–Crippen MR) is 127 cm³/mol. The Morgan fingerprint density at radius 3 is 3.00 bits per heavy atom. The van der Waals surface area contributed by atoms with Crippen molar-refractivity contribution in [1.82, 2.24) is 14.3 Å². The number of aliphatic imine (C=N–C) groups is 1. The minimum absolute atomic E-state index is 0.133. The minimum atomic E-state index is -0.133. The predicted octanol–water partition coefficient (Wildman–Crippen LogP) is 3.19. The molecule has 30 heavy (non-hydrogen) atoms. The van der Waals surface area contributed by atoms with Gasteiger partial charge < -0.3 is 10.4 Å². The first-order chi connectivity index (χ1) is 14.7. The van der Waals surface area contributed by atoms with E-state index in [0.717, 1.165) is 36.7 Å². The van der Waals surface area contributed by atoms with Gasteiger partial charge in [0.15, 0.2) is 5.84 Å². The second kappa shape index (κ2) is 8.57. The first-order valence-corrected chi connectivity index (χ1v) is 12.4. The SMILES string of the molecule is OCCN1CCNCC1[s+]1ccc2c1N1CN(Br)N=C1C(c1ccccc1Cl)=NC2. The van der Waals surface area contributed by atoms with E-state index in [-0.39, 0.29) is 17.1 Å². The lowest BCUT2D eigenvalue weighted by Gasteiger charge is -2.31. The Morgan fingerprint density at radius 1 is 1.30 bits per heavy atom. The smallest absolute Gasteiger partial charge is 0.257 e. The molecule has 3 aliphatic heterocycles. The summed E-state index contributed by atoms with van der Waals surface area (Å²) in [5, 5.41) is 22.4. The number of thiophene rings is 1. The average molecular weight is 511 g/mol. The van der Waals surface area contributed by atoms with Crippen LogP contribution in [0.1, 0.15) is 16.5 Å². The molecule has 2 aromatic rings. The number of β-amino-alcohol motifs (C(OH)–C–C–N with tert-alkyl or cyclic N) is 1. The Balaban J connectivity index is 1.57. The Hall–Kier alpha value is -1.49. The first-order valence-electron chi connectivity index (χ1n) is 9.95. The summed E-state index contributed by atoms with van der Waals surface area (Å²) in [6.45, 7) is 4.89. The van der Waals surface area contributed by atoms with Gasteiger partial charge in [-0.15, -0.1) is 5.10 Å². The lowest BCUT2D eigenvalue weighted by molar-refractivity contribution is 0.149. The standard InChI is InChI=1S/C20H23BrClN6OS/c21-28-13-27-19(25-28)18(15-3-1-2-4-16(15)22)24-11-14-5-10-30(20(14)27)17-12-23-6-7-26(17)8-9-29/h1-5,10,17,23,29H,6-9,11-13H2/q+1. The van der Waals surface area contributed by atoms with Gasteiger partial charge in [-0.25, -0.2) is 4.03 Å². The molecule has 1 aromatic heterocycles. The summed E-state index contributed by atoms with van der Waals surface area (Å²) < 4.78 is 1.77. The molecule has 2 N–H and O–H groups in total. The molecule has 10 heteroatoms. The molecule has 4 heterocycles. The highest BCUT2D eigenvalue weighted by Crippen LogP contribution is 2.49. The van der Waals surface area contributed by atoms with Gasteiger partial charge in [-0.1, -0.05) is 29.8 Å². The second-order valence-electron chi connectivity index (χ2n) is 7.40. The summed E-state index contributed by atoms with van der Waals surface area (Å²) in [7, 11) is -0.133. The van der Waals surface area contributed by atoms with Gasteiger partial charge in [0.1, 0.15) is 17.8 Å². The van der Waals surface area contributed by atoms with Gasteiger partial charge >= 0.3 is 0 Å². The number of anilines is 1. The number of amidine groups is 1. The van der Waals surface area contributed by atoms with Crippen molar-refractivity contribution < 1.29 is 5.11 Å². The maximum atomic E-state index is 9.57.